The molecule has 0 rings (SSSR count). The number of rotatable bonds is 7. The Labute approximate surface area is 125 Å². The Balaban J connectivity index is 4.25. The zero-order chi connectivity index (χ0) is 17.8. The van der Waals surface area contributed by atoms with Crippen LogP contribution in [-0.4, -0.2) is 49.1 Å². The van der Waals surface area contributed by atoms with Gasteiger partial charge in [0, 0.05) is 0 Å². The highest BCUT2D eigenvalue weighted by atomic mass is 19.4. The molecule has 0 bridgehead atoms. The van der Waals surface area contributed by atoms with E-state index in [9.17, 15) is 26.7 Å². The summed E-state index contributed by atoms with van der Waals surface area (Å²) in [5.41, 5.74) is -0.398. The highest BCUT2D eigenvalue weighted by Gasteiger charge is 2.65. The third kappa shape index (κ3) is 7.35. The monoisotopic (exact) mass is 336 g/mol. The van der Waals surface area contributed by atoms with Crippen LogP contribution in [0.3, 0.4) is 0 Å². The number of hydrogen-bond donors (Lipinski definition) is 0. The van der Waals surface area contributed by atoms with E-state index >= 15 is 0 Å². The Morgan fingerprint density at radius 3 is 1.86 bits per heavy atom. The van der Waals surface area contributed by atoms with Crippen molar-refractivity contribution in [1.29, 1.82) is 0 Å². The van der Waals surface area contributed by atoms with Crippen LogP contribution in [0, 0.1) is 0 Å². The predicted molar refractivity (Wildman–Crippen MR) is 67.7 cm³/mol. The highest BCUT2D eigenvalue weighted by Crippen LogP contribution is 2.36. The van der Waals surface area contributed by atoms with Gasteiger partial charge in [0.2, 0.25) is 0 Å². The molecule has 4 nitrogen and oxygen atoms in total. The number of hydrogen-bond acceptors (Lipinski definition) is 4. The second-order valence-electron chi connectivity index (χ2n) is 5.86. The Hall–Kier alpha value is -0.960. The fourth-order valence-corrected chi connectivity index (χ4v) is 1.12. The molecule has 0 aliphatic carbocycles. The Kier molecular flexibility index (Phi) is 7.21. The van der Waals surface area contributed by atoms with Crippen molar-refractivity contribution >= 4 is 5.97 Å². The molecule has 0 aromatic heterocycles. The number of ether oxygens (including phenoxy) is 3. The quantitative estimate of drug-likeness (QED) is 0.528. The van der Waals surface area contributed by atoms with Gasteiger partial charge in [-0.15, -0.1) is 0 Å². The summed E-state index contributed by atoms with van der Waals surface area (Å²) in [5, 5.41) is 0. The van der Waals surface area contributed by atoms with E-state index in [1.807, 2.05) is 20.8 Å². The van der Waals surface area contributed by atoms with Crippen molar-refractivity contribution in [2.75, 3.05) is 13.2 Å². The van der Waals surface area contributed by atoms with Crippen molar-refractivity contribution in [3.05, 3.63) is 0 Å². The van der Waals surface area contributed by atoms with E-state index in [1.165, 1.54) is 0 Å². The maximum Gasteiger partial charge on any atom is 0.465 e. The van der Waals surface area contributed by atoms with Crippen LogP contribution in [0.2, 0.25) is 0 Å². The number of carbonyl (C=O) groups is 1. The van der Waals surface area contributed by atoms with E-state index < -0.39 is 35.9 Å². The summed E-state index contributed by atoms with van der Waals surface area (Å²) in [4.78, 5) is 10.9. The molecular formula is C13H21F5O4. The third-order valence-corrected chi connectivity index (χ3v) is 2.29. The molecule has 0 spiro atoms. The lowest BCUT2D eigenvalue weighted by Crippen LogP contribution is -2.46. The first kappa shape index (κ1) is 21.0. The lowest BCUT2D eigenvalue weighted by molar-refractivity contribution is -0.282. The molecule has 0 amide bonds. The lowest BCUT2D eigenvalue weighted by Gasteiger charge is -2.24. The molecule has 0 aliphatic heterocycles. The van der Waals surface area contributed by atoms with Gasteiger partial charge in [-0.1, -0.05) is 0 Å². The van der Waals surface area contributed by atoms with Gasteiger partial charge in [0.15, 0.2) is 0 Å². The van der Waals surface area contributed by atoms with Gasteiger partial charge in [0.1, 0.15) is 6.10 Å². The fraction of sp³-hybridized carbons (Fsp3) is 0.923. The van der Waals surface area contributed by atoms with Crippen LogP contribution in [0.4, 0.5) is 22.0 Å². The second kappa shape index (κ2) is 7.54. The van der Waals surface area contributed by atoms with E-state index in [2.05, 4.69) is 4.74 Å². The van der Waals surface area contributed by atoms with Gasteiger partial charge in [0.25, 0.3) is 0 Å². The first-order valence-corrected chi connectivity index (χ1v) is 6.58. The normalized spacial score (nSPS) is 16.3. The fourth-order valence-electron chi connectivity index (χ4n) is 1.12. The van der Waals surface area contributed by atoms with Crippen LogP contribution in [-0.2, 0) is 19.0 Å². The SMILES string of the molecule is CC(COC(C)(C)C)OCC(C)OC(=O)C(F)(F)C(F)(F)F. The van der Waals surface area contributed by atoms with Gasteiger partial charge >= 0.3 is 18.1 Å². The molecule has 0 radical (unpaired) electrons. The molecule has 0 fully saturated rings. The Morgan fingerprint density at radius 1 is 0.955 bits per heavy atom. The van der Waals surface area contributed by atoms with Gasteiger partial charge in [-0.25, -0.2) is 4.79 Å². The average molecular weight is 336 g/mol. The highest BCUT2D eigenvalue weighted by molar-refractivity contribution is 5.78. The van der Waals surface area contributed by atoms with Crippen molar-refractivity contribution < 1.29 is 41.0 Å². The Morgan fingerprint density at radius 2 is 1.45 bits per heavy atom. The van der Waals surface area contributed by atoms with Crippen LogP contribution in [0.15, 0.2) is 0 Å². The molecule has 0 saturated heterocycles. The van der Waals surface area contributed by atoms with Crippen molar-refractivity contribution in [3.8, 4) is 0 Å². The van der Waals surface area contributed by atoms with Crippen molar-refractivity contribution in [1.82, 2.24) is 0 Å². The van der Waals surface area contributed by atoms with Crippen molar-refractivity contribution in [2.45, 2.75) is 64.5 Å². The summed E-state index contributed by atoms with van der Waals surface area (Å²) in [6, 6.07) is 0. The Bertz CT molecular complexity index is 362. The molecule has 0 heterocycles. The summed E-state index contributed by atoms with van der Waals surface area (Å²) < 4.78 is 75.9. The zero-order valence-electron chi connectivity index (χ0n) is 13.1. The van der Waals surface area contributed by atoms with Crippen molar-refractivity contribution in [3.63, 3.8) is 0 Å². The van der Waals surface area contributed by atoms with Gasteiger partial charge in [0.05, 0.1) is 24.9 Å². The summed E-state index contributed by atoms with van der Waals surface area (Å²) in [5.74, 6) is -8.18. The van der Waals surface area contributed by atoms with Crippen molar-refractivity contribution in [2.24, 2.45) is 0 Å². The average Bonchev–Trinajstić information content (AvgIpc) is 2.31. The van der Waals surface area contributed by atoms with E-state index in [0.717, 1.165) is 6.92 Å². The zero-order valence-corrected chi connectivity index (χ0v) is 13.1. The molecule has 2 unspecified atom stereocenters. The number of halogens is 5. The molecule has 2 atom stereocenters. The third-order valence-electron chi connectivity index (χ3n) is 2.29. The standard InChI is InChI=1S/C13H21F5O4/c1-8(7-21-11(3,4)5)20-6-9(2)22-10(19)12(14,15)13(16,17)18/h8-9H,6-7H2,1-5H3. The second-order valence-corrected chi connectivity index (χ2v) is 5.86. The minimum atomic E-state index is -5.99. The number of carbonyl (C=O) groups excluding carboxylic acids is 1. The first-order chi connectivity index (χ1) is 9.67. The lowest BCUT2D eigenvalue weighted by atomic mass is 10.2. The topological polar surface area (TPSA) is 44.8 Å². The summed E-state index contributed by atoms with van der Waals surface area (Å²) in [6.07, 6.45) is -7.68. The van der Waals surface area contributed by atoms with E-state index in [4.69, 9.17) is 9.47 Å². The van der Waals surface area contributed by atoms with E-state index in [-0.39, 0.29) is 13.2 Å². The summed E-state index contributed by atoms with van der Waals surface area (Å²) in [7, 11) is 0. The molecule has 9 heteroatoms. The van der Waals surface area contributed by atoms with Crippen LogP contribution in [0.5, 0.6) is 0 Å². The van der Waals surface area contributed by atoms with Gasteiger partial charge in [-0.05, 0) is 34.6 Å². The van der Waals surface area contributed by atoms with Crippen LogP contribution < -0.4 is 0 Å². The minimum Gasteiger partial charge on any atom is -0.456 e. The molecular weight excluding hydrogens is 315 g/mol. The molecule has 0 saturated carbocycles. The van der Waals surface area contributed by atoms with Gasteiger partial charge in [-0.3, -0.25) is 0 Å². The molecule has 0 aromatic carbocycles. The number of esters is 1. The first-order valence-electron chi connectivity index (χ1n) is 6.58. The molecule has 0 aliphatic rings. The predicted octanol–water partition coefficient (Wildman–Crippen LogP) is 3.34. The van der Waals surface area contributed by atoms with Crippen LogP contribution in [0.1, 0.15) is 34.6 Å². The van der Waals surface area contributed by atoms with E-state index in [0.29, 0.717) is 0 Å². The maximum atomic E-state index is 12.7. The van der Waals surface area contributed by atoms with Crippen LogP contribution in [0.25, 0.3) is 0 Å². The van der Waals surface area contributed by atoms with E-state index in [1.54, 1.807) is 6.92 Å². The van der Waals surface area contributed by atoms with Gasteiger partial charge in [-0.2, -0.15) is 22.0 Å². The number of alkyl halides is 5. The minimum absolute atomic E-state index is 0.197. The maximum absolute atomic E-state index is 12.7. The molecule has 0 aromatic rings. The van der Waals surface area contributed by atoms with Crippen LogP contribution >= 0.6 is 0 Å². The molecule has 0 N–H and O–H groups in total. The summed E-state index contributed by atoms with van der Waals surface area (Å²) >= 11 is 0. The summed E-state index contributed by atoms with van der Waals surface area (Å²) in [6.45, 7) is 8.12. The molecule has 132 valence electrons. The largest absolute Gasteiger partial charge is 0.465 e. The smallest absolute Gasteiger partial charge is 0.456 e. The van der Waals surface area contributed by atoms with Gasteiger partial charge < -0.3 is 14.2 Å². The molecule has 22 heavy (non-hydrogen) atoms.